The smallest absolute Gasteiger partial charge is 0.209 e. The van der Waals surface area contributed by atoms with Crippen LogP contribution in [-0.2, 0) is 0 Å². The predicted octanol–water partition coefficient (Wildman–Crippen LogP) is 1.99. The van der Waals surface area contributed by atoms with E-state index in [-0.39, 0.29) is 0 Å². The second-order valence-electron chi connectivity index (χ2n) is 1.48. The molecule has 2 nitrogen and oxygen atoms in total. The molecule has 0 aromatic carbocycles. The van der Waals surface area contributed by atoms with E-state index in [2.05, 4.69) is 15.6 Å². The van der Waals surface area contributed by atoms with Gasteiger partial charge >= 0.3 is 0 Å². The molecule has 0 aliphatic carbocycles. The first kappa shape index (κ1) is 8.77. The van der Waals surface area contributed by atoms with Crippen LogP contribution < -0.4 is 0 Å². The van der Waals surface area contributed by atoms with Crippen LogP contribution in [0.5, 0.6) is 0 Å². The van der Waals surface area contributed by atoms with Gasteiger partial charge in [0.05, 0.1) is 5.69 Å². The normalized spacial score (nSPS) is 7.40. The molecule has 0 radical (unpaired) electrons. The van der Waals surface area contributed by atoms with Crippen LogP contribution in [-0.4, -0.2) is 5.16 Å². The van der Waals surface area contributed by atoms with Crippen LogP contribution in [0.3, 0.4) is 0 Å². The third-order valence-electron chi connectivity index (χ3n) is 0.770. The maximum absolute atomic E-state index is 4.98. The van der Waals surface area contributed by atoms with Crippen molar-refractivity contribution in [2.24, 2.45) is 0 Å². The van der Waals surface area contributed by atoms with Gasteiger partial charge in [0.15, 0.2) is 0 Å². The lowest BCUT2D eigenvalue weighted by molar-refractivity contribution is 0.406. The van der Waals surface area contributed by atoms with E-state index in [1.165, 1.54) is 0 Å². The monoisotopic (exact) mass is 137 g/mol. The highest BCUT2D eigenvalue weighted by molar-refractivity contribution is 5.21. The molecule has 0 unspecified atom stereocenters. The Labute approximate surface area is 61.2 Å². The van der Waals surface area contributed by atoms with Crippen molar-refractivity contribution >= 4 is 0 Å². The number of nitrogens with zero attached hydrogens (tertiary/aromatic N) is 1. The summed E-state index contributed by atoms with van der Waals surface area (Å²) in [6, 6.07) is 1.71. The highest BCUT2D eigenvalue weighted by Gasteiger charge is 1.91. The van der Waals surface area contributed by atoms with Crippen molar-refractivity contribution in [3.05, 3.63) is 17.5 Å². The Morgan fingerprint density at radius 1 is 1.60 bits per heavy atom. The predicted molar refractivity (Wildman–Crippen MR) is 40.5 cm³/mol. The van der Waals surface area contributed by atoms with Crippen molar-refractivity contribution in [1.29, 1.82) is 0 Å². The molecular formula is C8H11NO. The molecule has 1 aromatic heterocycles. The molecule has 0 spiro atoms. The zero-order valence-electron chi connectivity index (χ0n) is 6.51. The topological polar surface area (TPSA) is 26.0 Å². The number of aromatic nitrogens is 1. The summed E-state index contributed by atoms with van der Waals surface area (Å²) in [6.07, 6.45) is 4.98. The Bertz CT molecular complexity index is 219. The van der Waals surface area contributed by atoms with E-state index >= 15 is 0 Å². The Balaban J connectivity index is 0.000000371. The van der Waals surface area contributed by atoms with Crippen molar-refractivity contribution < 1.29 is 4.52 Å². The zero-order valence-corrected chi connectivity index (χ0v) is 6.51. The van der Waals surface area contributed by atoms with Crippen LogP contribution in [0.2, 0.25) is 0 Å². The Morgan fingerprint density at radius 3 is 2.40 bits per heavy atom. The average molecular weight is 137 g/mol. The van der Waals surface area contributed by atoms with Gasteiger partial charge in [-0.15, -0.1) is 6.42 Å². The van der Waals surface area contributed by atoms with E-state index in [0.29, 0.717) is 5.76 Å². The lowest BCUT2D eigenvalue weighted by atomic mass is 10.4. The van der Waals surface area contributed by atoms with E-state index in [9.17, 15) is 0 Å². The lowest BCUT2D eigenvalue weighted by Gasteiger charge is -1.65. The largest absolute Gasteiger partial charge is 0.347 e. The molecule has 2 heteroatoms. The molecule has 10 heavy (non-hydrogen) atoms. The highest BCUT2D eigenvalue weighted by atomic mass is 16.5. The van der Waals surface area contributed by atoms with Crippen molar-refractivity contribution in [2.45, 2.75) is 20.8 Å². The van der Waals surface area contributed by atoms with Gasteiger partial charge in [-0.25, -0.2) is 0 Å². The maximum Gasteiger partial charge on any atom is 0.209 e. The summed E-state index contributed by atoms with van der Waals surface area (Å²) in [5.74, 6) is 2.81. The first-order chi connectivity index (χ1) is 4.83. The van der Waals surface area contributed by atoms with Crippen LogP contribution in [0.25, 0.3) is 0 Å². The molecule has 0 atom stereocenters. The standard InChI is InChI=1S/C6H5NO.C2H6/c1-3-6-4-5(2)7-8-6;1-2/h1,4H,2H3;1-2H3. The van der Waals surface area contributed by atoms with Crippen molar-refractivity contribution in [3.8, 4) is 12.3 Å². The Kier molecular flexibility index (Phi) is 4.06. The van der Waals surface area contributed by atoms with Crippen LogP contribution >= 0.6 is 0 Å². The van der Waals surface area contributed by atoms with Crippen LogP contribution in [0.15, 0.2) is 10.6 Å². The zero-order chi connectivity index (χ0) is 7.98. The van der Waals surface area contributed by atoms with E-state index in [1.54, 1.807) is 6.07 Å². The third kappa shape index (κ3) is 2.36. The van der Waals surface area contributed by atoms with E-state index in [1.807, 2.05) is 20.8 Å². The second kappa shape index (κ2) is 4.63. The molecular weight excluding hydrogens is 126 g/mol. The third-order valence-corrected chi connectivity index (χ3v) is 0.770. The molecule has 0 fully saturated rings. The second-order valence-corrected chi connectivity index (χ2v) is 1.48. The molecule has 1 rings (SSSR count). The molecule has 54 valence electrons. The minimum Gasteiger partial charge on any atom is -0.347 e. The van der Waals surface area contributed by atoms with Gasteiger partial charge in [0.25, 0.3) is 0 Å². The number of aryl methyl sites for hydroxylation is 1. The quantitative estimate of drug-likeness (QED) is 0.511. The van der Waals surface area contributed by atoms with Gasteiger partial charge < -0.3 is 4.52 Å². The highest BCUT2D eigenvalue weighted by Crippen LogP contribution is 1.97. The Morgan fingerprint density at radius 2 is 2.20 bits per heavy atom. The molecule has 0 N–H and O–H groups in total. The number of hydrogen-bond donors (Lipinski definition) is 0. The summed E-state index contributed by atoms with van der Waals surface area (Å²) in [4.78, 5) is 0. The van der Waals surface area contributed by atoms with Gasteiger partial charge in [-0.1, -0.05) is 19.0 Å². The minimum atomic E-state index is 0.488. The summed E-state index contributed by atoms with van der Waals surface area (Å²) in [5, 5.41) is 3.57. The molecule has 1 heterocycles. The fraction of sp³-hybridized carbons (Fsp3) is 0.375. The molecule has 1 aromatic rings. The minimum absolute atomic E-state index is 0.488. The first-order valence-corrected chi connectivity index (χ1v) is 3.23. The molecule has 0 aliphatic heterocycles. The molecule has 0 amide bonds. The van der Waals surface area contributed by atoms with Gasteiger partial charge in [-0.2, -0.15) is 0 Å². The van der Waals surface area contributed by atoms with Crippen LogP contribution in [0, 0.1) is 19.3 Å². The van der Waals surface area contributed by atoms with Crippen LogP contribution in [0.4, 0.5) is 0 Å². The summed E-state index contributed by atoms with van der Waals surface area (Å²) in [5.41, 5.74) is 0.818. The van der Waals surface area contributed by atoms with Crippen molar-refractivity contribution in [1.82, 2.24) is 5.16 Å². The number of hydrogen-bond acceptors (Lipinski definition) is 2. The van der Waals surface area contributed by atoms with Gasteiger partial charge in [0, 0.05) is 6.07 Å². The fourth-order valence-electron chi connectivity index (χ4n) is 0.432. The maximum atomic E-state index is 4.98. The first-order valence-electron chi connectivity index (χ1n) is 3.23. The molecule has 0 aliphatic rings. The van der Waals surface area contributed by atoms with Crippen molar-refractivity contribution in [2.75, 3.05) is 0 Å². The SMILES string of the molecule is C#Cc1cc(C)no1.CC. The summed E-state index contributed by atoms with van der Waals surface area (Å²) in [7, 11) is 0. The number of terminal acetylenes is 1. The summed E-state index contributed by atoms with van der Waals surface area (Å²) >= 11 is 0. The molecule has 0 saturated heterocycles. The number of rotatable bonds is 0. The average Bonchev–Trinajstić information content (AvgIpc) is 2.40. The summed E-state index contributed by atoms with van der Waals surface area (Å²) in [6.45, 7) is 5.82. The molecule has 0 saturated carbocycles. The fourth-order valence-corrected chi connectivity index (χ4v) is 0.432. The van der Waals surface area contributed by atoms with Gasteiger partial charge in [-0.3, -0.25) is 0 Å². The van der Waals surface area contributed by atoms with E-state index < -0.39 is 0 Å². The van der Waals surface area contributed by atoms with Crippen molar-refractivity contribution in [3.63, 3.8) is 0 Å². The van der Waals surface area contributed by atoms with Gasteiger partial charge in [0.1, 0.15) is 0 Å². The van der Waals surface area contributed by atoms with E-state index in [0.717, 1.165) is 5.69 Å². The summed E-state index contributed by atoms with van der Waals surface area (Å²) < 4.78 is 4.63. The van der Waals surface area contributed by atoms with Crippen LogP contribution in [0.1, 0.15) is 25.3 Å². The molecule has 0 bridgehead atoms. The van der Waals surface area contributed by atoms with Gasteiger partial charge in [0.2, 0.25) is 5.76 Å². The van der Waals surface area contributed by atoms with E-state index in [4.69, 9.17) is 6.42 Å². The Hall–Kier alpha value is -1.23. The lowest BCUT2D eigenvalue weighted by Crippen LogP contribution is -1.60. The van der Waals surface area contributed by atoms with Gasteiger partial charge in [-0.05, 0) is 12.8 Å².